The van der Waals surface area contributed by atoms with Gasteiger partial charge in [-0.3, -0.25) is 0 Å². The van der Waals surface area contributed by atoms with Gasteiger partial charge in [0.1, 0.15) is 5.82 Å². The summed E-state index contributed by atoms with van der Waals surface area (Å²) in [6.45, 7) is 0. The second-order valence-corrected chi connectivity index (χ2v) is 1.82. The van der Waals surface area contributed by atoms with Crippen molar-refractivity contribution in [3.05, 3.63) is 35.1 Å². The average molecular weight is 138 g/mol. The van der Waals surface area contributed by atoms with E-state index in [0.29, 0.717) is 0 Å². The van der Waals surface area contributed by atoms with Crippen LogP contribution in [0.3, 0.4) is 0 Å². The van der Waals surface area contributed by atoms with Crippen molar-refractivity contribution in [2.24, 2.45) is 0 Å². The zero-order valence-electron chi connectivity index (χ0n) is 6.07. The number of rotatable bonds is 0. The SMILES string of the molecule is Fc1ccccc1Cl.[H-].[Li+]. The van der Waals surface area contributed by atoms with E-state index in [1.165, 1.54) is 12.1 Å². The van der Waals surface area contributed by atoms with Gasteiger partial charge >= 0.3 is 18.9 Å². The first-order valence-corrected chi connectivity index (χ1v) is 2.58. The van der Waals surface area contributed by atoms with Gasteiger partial charge in [0.25, 0.3) is 0 Å². The molecule has 0 aliphatic carbocycles. The molecule has 0 spiro atoms. The second-order valence-electron chi connectivity index (χ2n) is 1.41. The van der Waals surface area contributed by atoms with Gasteiger partial charge in [-0.05, 0) is 12.1 Å². The van der Waals surface area contributed by atoms with Gasteiger partial charge < -0.3 is 1.43 Å². The molecule has 1 aromatic carbocycles. The molecule has 0 fully saturated rings. The molecule has 0 radical (unpaired) electrons. The van der Waals surface area contributed by atoms with Crippen molar-refractivity contribution in [1.82, 2.24) is 0 Å². The smallest absolute Gasteiger partial charge is 1.00 e. The summed E-state index contributed by atoms with van der Waals surface area (Å²) in [5, 5.41) is 0.174. The van der Waals surface area contributed by atoms with Crippen LogP contribution in [-0.4, -0.2) is 0 Å². The van der Waals surface area contributed by atoms with Crippen molar-refractivity contribution in [2.75, 3.05) is 0 Å². The van der Waals surface area contributed by atoms with E-state index in [9.17, 15) is 4.39 Å². The minimum atomic E-state index is -0.367. The minimum absolute atomic E-state index is 0. The third-order valence-corrected chi connectivity index (χ3v) is 1.13. The van der Waals surface area contributed by atoms with Gasteiger partial charge in [-0.1, -0.05) is 23.7 Å². The zero-order chi connectivity index (χ0) is 5.98. The Labute approximate surface area is 71.7 Å². The van der Waals surface area contributed by atoms with Gasteiger partial charge in [0.05, 0.1) is 5.02 Å². The summed E-state index contributed by atoms with van der Waals surface area (Å²) in [5.74, 6) is -0.367. The van der Waals surface area contributed by atoms with E-state index in [2.05, 4.69) is 0 Å². The summed E-state index contributed by atoms with van der Waals surface area (Å²) in [6.07, 6.45) is 0. The Morgan fingerprint density at radius 1 is 1.33 bits per heavy atom. The molecule has 0 unspecified atom stereocenters. The molecule has 0 N–H and O–H groups in total. The molecule has 0 saturated carbocycles. The van der Waals surface area contributed by atoms with Crippen LogP contribution in [0.2, 0.25) is 5.02 Å². The Balaban J connectivity index is 0. The van der Waals surface area contributed by atoms with E-state index in [1.807, 2.05) is 0 Å². The molecule has 0 heterocycles. The summed E-state index contributed by atoms with van der Waals surface area (Å²) in [7, 11) is 0. The fraction of sp³-hybridized carbons (Fsp3) is 0. The van der Waals surface area contributed by atoms with Crippen molar-refractivity contribution in [3.8, 4) is 0 Å². The summed E-state index contributed by atoms with van der Waals surface area (Å²) in [5.41, 5.74) is 0. The third kappa shape index (κ3) is 2.40. The maximum Gasteiger partial charge on any atom is 1.00 e. The fourth-order valence-corrected chi connectivity index (χ4v) is 0.575. The first-order chi connectivity index (χ1) is 3.80. The van der Waals surface area contributed by atoms with Crippen LogP contribution in [0.1, 0.15) is 1.43 Å². The fourth-order valence-electron chi connectivity index (χ4n) is 0.439. The van der Waals surface area contributed by atoms with Crippen molar-refractivity contribution in [2.45, 2.75) is 0 Å². The van der Waals surface area contributed by atoms with Crippen molar-refractivity contribution in [1.29, 1.82) is 0 Å². The molecular weight excluding hydrogens is 133 g/mol. The molecule has 0 atom stereocenters. The number of hydrogen-bond donors (Lipinski definition) is 0. The van der Waals surface area contributed by atoms with Crippen LogP contribution in [0.5, 0.6) is 0 Å². The Morgan fingerprint density at radius 2 is 1.89 bits per heavy atom. The summed E-state index contributed by atoms with van der Waals surface area (Å²) >= 11 is 5.33. The maximum absolute atomic E-state index is 12.2. The summed E-state index contributed by atoms with van der Waals surface area (Å²) in [6, 6.07) is 6.12. The number of hydrogen-bond acceptors (Lipinski definition) is 0. The van der Waals surface area contributed by atoms with E-state index in [4.69, 9.17) is 11.6 Å². The molecule has 1 aromatic rings. The molecule has 44 valence electrons. The molecule has 0 nitrogen and oxygen atoms in total. The summed E-state index contributed by atoms with van der Waals surface area (Å²) in [4.78, 5) is 0. The number of benzene rings is 1. The Hall–Kier alpha value is 0.0374. The Kier molecular flexibility index (Phi) is 3.97. The van der Waals surface area contributed by atoms with Gasteiger partial charge in [0, 0.05) is 0 Å². The largest absolute Gasteiger partial charge is 1.00 e. The second kappa shape index (κ2) is 3.95. The Bertz CT molecular complexity index is 174. The molecule has 0 aliphatic heterocycles. The van der Waals surface area contributed by atoms with Gasteiger partial charge in [-0.25, -0.2) is 4.39 Å². The van der Waals surface area contributed by atoms with Crippen LogP contribution in [-0.2, 0) is 0 Å². The van der Waals surface area contributed by atoms with Gasteiger partial charge in [0.15, 0.2) is 0 Å². The van der Waals surface area contributed by atoms with Gasteiger partial charge in [-0.2, -0.15) is 0 Å². The van der Waals surface area contributed by atoms with E-state index in [-0.39, 0.29) is 31.1 Å². The van der Waals surface area contributed by atoms with Crippen LogP contribution >= 0.6 is 11.6 Å². The predicted octanol–water partition coefficient (Wildman–Crippen LogP) is -0.404. The maximum atomic E-state index is 12.2. The van der Waals surface area contributed by atoms with E-state index in [0.717, 1.165) is 0 Å². The Morgan fingerprint density at radius 3 is 2.22 bits per heavy atom. The minimum Gasteiger partial charge on any atom is -1.00 e. The molecule has 9 heavy (non-hydrogen) atoms. The van der Waals surface area contributed by atoms with Crippen LogP contribution in [0.15, 0.2) is 24.3 Å². The monoisotopic (exact) mass is 138 g/mol. The van der Waals surface area contributed by atoms with Crippen molar-refractivity contribution in [3.63, 3.8) is 0 Å². The predicted molar refractivity (Wildman–Crippen MR) is 32.5 cm³/mol. The van der Waals surface area contributed by atoms with E-state index >= 15 is 0 Å². The van der Waals surface area contributed by atoms with E-state index in [1.54, 1.807) is 12.1 Å². The van der Waals surface area contributed by atoms with E-state index < -0.39 is 0 Å². The van der Waals surface area contributed by atoms with Crippen LogP contribution < -0.4 is 18.9 Å². The van der Waals surface area contributed by atoms with Crippen LogP contribution in [0.4, 0.5) is 4.39 Å². The van der Waals surface area contributed by atoms with Crippen LogP contribution in [0, 0.1) is 5.82 Å². The van der Waals surface area contributed by atoms with Gasteiger partial charge in [-0.15, -0.1) is 0 Å². The quantitative estimate of drug-likeness (QED) is 0.428. The molecule has 0 aromatic heterocycles. The van der Waals surface area contributed by atoms with Crippen molar-refractivity contribution >= 4 is 11.6 Å². The zero-order valence-corrected chi connectivity index (χ0v) is 5.82. The first kappa shape index (κ1) is 9.04. The molecule has 0 aliphatic rings. The first-order valence-electron chi connectivity index (χ1n) is 2.21. The number of halogens is 2. The third-order valence-electron chi connectivity index (χ3n) is 0.824. The van der Waals surface area contributed by atoms with Crippen LogP contribution in [0.25, 0.3) is 0 Å². The normalized spacial score (nSPS) is 8.22. The molecule has 3 heteroatoms. The summed E-state index contributed by atoms with van der Waals surface area (Å²) < 4.78 is 12.2. The molecule has 1 rings (SSSR count). The molecule has 0 bridgehead atoms. The standard InChI is InChI=1S/C6H4ClF.Li.H/c7-5-3-1-2-4-6(5)8;;/h1-4H;;/q;+1;-1. The molecular formula is C6H5ClFLi. The van der Waals surface area contributed by atoms with Gasteiger partial charge in [0.2, 0.25) is 0 Å². The average Bonchev–Trinajstić information content (AvgIpc) is 1.77. The molecule has 0 amide bonds. The topological polar surface area (TPSA) is 0 Å². The van der Waals surface area contributed by atoms with Crippen molar-refractivity contribution < 1.29 is 24.7 Å². The molecule has 0 saturated heterocycles.